The molecule has 0 aliphatic carbocycles. The smallest absolute Gasteiger partial charge is 0.338 e. The lowest BCUT2D eigenvalue weighted by molar-refractivity contribution is -0.130. The predicted octanol–water partition coefficient (Wildman–Crippen LogP) is 6.54. The van der Waals surface area contributed by atoms with Crippen LogP contribution in [0.15, 0.2) is 91.6 Å². The number of carbonyl (C=O) groups is 3. The first-order chi connectivity index (χ1) is 17.1. The number of allylic oxidation sites excluding steroid dienone is 5. The van der Waals surface area contributed by atoms with Gasteiger partial charge in [0.2, 0.25) is 0 Å². The minimum Gasteiger partial charge on any atom is -0.497 e. The molecule has 2 aromatic rings. The number of rotatable bonds is 9. The number of esters is 2. The molecule has 0 atom stereocenters. The zero-order valence-corrected chi connectivity index (χ0v) is 21.4. The summed E-state index contributed by atoms with van der Waals surface area (Å²) in [6, 6.07) is 12.2. The van der Waals surface area contributed by atoms with E-state index in [1.165, 1.54) is 12.1 Å². The molecular weight excluding hydrogens is 456 g/mol. The van der Waals surface area contributed by atoms with Crippen LogP contribution >= 0.6 is 0 Å². The van der Waals surface area contributed by atoms with Crippen LogP contribution in [0.1, 0.15) is 38.8 Å². The summed E-state index contributed by atoms with van der Waals surface area (Å²) in [6.45, 7) is 17.6. The van der Waals surface area contributed by atoms with E-state index in [0.29, 0.717) is 11.1 Å². The van der Waals surface area contributed by atoms with Crippen molar-refractivity contribution in [1.29, 1.82) is 0 Å². The molecule has 0 bridgehead atoms. The third kappa shape index (κ3) is 9.43. The number of hydrogen-bond donors (Lipinski definition) is 0. The molecule has 0 saturated heterocycles. The molecule has 36 heavy (non-hydrogen) atoms. The summed E-state index contributed by atoms with van der Waals surface area (Å²) < 4.78 is 16.0. The zero-order chi connectivity index (χ0) is 27.3. The maximum absolute atomic E-state index is 12.4. The summed E-state index contributed by atoms with van der Waals surface area (Å²) >= 11 is 0. The van der Waals surface area contributed by atoms with Gasteiger partial charge in [0, 0.05) is 23.3 Å². The average molecular weight is 489 g/mol. The largest absolute Gasteiger partial charge is 0.497 e. The first-order valence-electron chi connectivity index (χ1n) is 11.0. The van der Waals surface area contributed by atoms with Gasteiger partial charge in [0.25, 0.3) is 0 Å². The summed E-state index contributed by atoms with van der Waals surface area (Å²) in [4.78, 5) is 33.9. The van der Waals surface area contributed by atoms with E-state index in [0.717, 1.165) is 28.7 Å². The molecule has 0 unspecified atom stereocenters. The minimum absolute atomic E-state index is 0.247. The van der Waals surface area contributed by atoms with Crippen LogP contribution in [-0.2, 0) is 14.4 Å². The van der Waals surface area contributed by atoms with Gasteiger partial charge < -0.3 is 14.2 Å². The Morgan fingerprint density at radius 3 is 1.97 bits per heavy atom. The molecular formula is C30H32O6. The van der Waals surface area contributed by atoms with Crippen LogP contribution in [0.2, 0.25) is 0 Å². The van der Waals surface area contributed by atoms with Crippen molar-refractivity contribution < 1.29 is 28.6 Å². The fourth-order valence-corrected chi connectivity index (χ4v) is 2.72. The molecule has 2 rings (SSSR count). The van der Waals surface area contributed by atoms with Gasteiger partial charge in [-0.25, -0.2) is 9.59 Å². The molecule has 0 aliphatic rings. The van der Waals surface area contributed by atoms with E-state index < -0.39 is 11.9 Å². The Balaban J connectivity index is 0.00000118. The van der Waals surface area contributed by atoms with Gasteiger partial charge in [-0.3, -0.25) is 4.79 Å². The lowest BCUT2D eigenvalue weighted by Gasteiger charge is -2.13. The van der Waals surface area contributed by atoms with Crippen LogP contribution in [0.25, 0.3) is 11.1 Å². The standard InChI is InChI=1S/C26H26O5.C4H6O/c1-7-19(8-2)23-14-13-22(16-24(23)31-26(28)17(3)4)30-25(27)15-18(5)20-9-11-21(29-6)12-10-20;1-4(2)3-5/h7-16H,1,3H2,2,4-6H3;3H,1H2,2H3/b18-15+,19-8+;. The van der Waals surface area contributed by atoms with Gasteiger partial charge in [0.1, 0.15) is 23.5 Å². The van der Waals surface area contributed by atoms with Gasteiger partial charge in [0.15, 0.2) is 0 Å². The quantitative estimate of drug-likeness (QED) is 0.131. The molecule has 0 spiro atoms. The van der Waals surface area contributed by atoms with Crippen molar-refractivity contribution >= 4 is 29.4 Å². The summed E-state index contributed by atoms with van der Waals surface area (Å²) in [6.07, 6.45) is 5.61. The second kappa shape index (κ2) is 14.7. The van der Waals surface area contributed by atoms with E-state index in [2.05, 4.69) is 19.7 Å². The molecule has 0 saturated carbocycles. The van der Waals surface area contributed by atoms with E-state index in [1.807, 2.05) is 44.2 Å². The van der Waals surface area contributed by atoms with Crippen LogP contribution < -0.4 is 14.2 Å². The van der Waals surface area contributed by atoms with Crippen LogP contribution in [-0.4, -0.2) is 25.3 Å². The number of carbonyl (C=O) groups excluding carboxylic acids is 3. The molecule has 188 valence electrons. The highest BCUT2D eigenvalue weighted by molar-refractivity contribution is 5.93. The lowest BCUT2D eigenvalue weighted by atomic mass is 10.0. The van der Waals surface area contributed by atoms with Gasteiger partial charge in [-0.2, -0.15) is 0 Å². The second-order valence-corrected chi connectivity index (χ2v) is 7.72. The monoisotopic (exact) mass is 488 g/mol. The van der Waals surface area contributed by atoms with Crippen LogP contribution in [0.5, 0.6) is 17.2 Å². The van der Waals surface area contributed by atoms with Gasteiger partial charge >= 0.3 is 11.9 Å². The van der Waals surface area contributed by atoms with Gasteiger partial charge in [-0.15, -0.1) is 0 Å². The third-order valence-corrected chi connectivity index (χ3v) is 4.65. The Kier molecular flexibility index (Phi) is 12.1. The molecule has 0 heterocycles. The minimum atomic E-state index is -0.570. The second-order valence-electron chi connectivity index (χ2n) is 7.72. The molecule has 6 nitrogen and oxygen atoms in total. The third-order valence-electron chi connectivity index (χ3n) is 4.65. The van der Waals surface area contributed by atoms with Gasteiger partial charge in [0.05, 0.1) is 7.11 Å². The fraction of sp³-hybridized carbons (Fsp3) is 0.167. The van der Waals surface area contributed by atoms with E-state index in [-0.39, 0.29) is 17.1 Å². The van der Waals surface area contributed by atoms with Crippen molar-refractivity contribution in [2.45, 2.75) is 27.7 Å². The number of methoxy groups -OCH3 is 1. The van der Waals surface area contributed by atoms with Crippen molar-refractivity contribution in [2.75, 3.05) is 7.11 Å². The van der Waals surface area contributed by atoms with Crippen molar-refractivity contribution in [3.05, 3.63) is 103 Å². The van der Waals surface area contributed by atoms with Crippen molar-refractivity contribution in [3.63, 3.8) is 0 Å². The Labute approximate surface area is 212 Å². The van der Waals surface area contributed by atoms with Crippen molar-refractivity contribution in [2.24, 2.45) is 0 Å². The zero-order valence-electron chi connectivity index (χ0n) is 21.4. The first-order valence-corrected chi connectivity index (χ1v) is 11.0. The van der Waals surface area contributed by atoms with E-state index >= 15 is 0 Å². The molecule has 0 radical (unpaired) electrons. The molecule has 0 aliphatic heterocycles. The van der Waals surface area contributed by atoms with Crippen LogP contribution in [0.4, 0.5) is 0 Å². The lowest BCUT2D eigenvalue weighted by Crippen LogP contribution is -2.10. The first kappa shape index (κ1) is 29.6. The fourth-order valence-electron chi connectivity index (χ4n) is 2.72. The molecule has 0 amide bonds. The number of benzene rings is 2. The highest BCUT2D eigenvalue weighted by Crippen LogP contribution is 2.32. The van der Waals surface area contributed by atoms with E-state index in [9.17, 15) is 14.4 Å². The summed E-state index contributed by atoms with van der Waals surface area (Å²) in [5.74, 6) is 0.113. The van der Waals surface area contributed by atoms with Crippen LogP contribution in [0, 0.1) is 0 Å². The molecule has 0 fully saturated rings. The summed E-state index contributed by atoms with van der Waals surface area (Å²) in [5.41, 5.74) is 3.86. The van der Waals surface area contributed by atoms with E-state index in [4.69, 9.17) is 14.2 Å². The molecule has 0 aromatic heterocycles. The Bertz CT molecular complexity index is 1200. The summed E-state index contributed by atoms with van der Waals surface area (Å²) in [7, 11) is 1.59. The maximum atomic E-state index is 12.4. The SMILES string of the molecule is C=C(C)C=O.C=C/C(=C\C)c1ccc(OC(=O)/C=C(\C)c2ccc(OC)cc2)cc1OC(=O)C(=C)C. The van der Waals surface area contributed by atoms with Crippen molar-refractivity contribution in [3.8, 4) is 17.2 Å². The molecule has 2 aromatic carbocycles. The molecule has 6 heteroatoms. The van der Waals surface area contributed by atoms with Crippen LogP contribution in [0.3, 0.4) is 0 Å². The Morgan fingerprint density at radius 1 is 0.917 bits per heavy atom. The Hall–Kier alpha value is -4.45. The average Bonchev–Trinajstić information content (AvgIpc) is 2.86. The van der Waals surface area contributed by atoms with E-state index in [1.54, 1.807) is 39.2 Å². The number of aldehydes is 1. The highest BCUT2D eigenvalue weighted by Gasteiger charge is 2.14. The van der Waals surface area contributed by atoms with Gasteiger partial charge in [-0.1, -0.05) is 44.0 Å². The van der Waals surface area contributed by atoms with Gasteiger partial charge in [-0.05, 0) is 74.2 Å². The topological polar surface area (TPSA) is 78.9 Å². The number of hydrogen-bond acceptors (Lipinski definition) is 6. The predicted molar refractivity (Wildman–Crippen MR) is 144 cm³/mol. The van der Waals surface area contributed by atoms with Crippen molar-refractivity contribution in [1.82, 2.24) is 0 Å². The molecule has 0 N–H and O–H groups in total. The highest BCUT2D eigenvalue weighted by atomic mass is 16.5. The number of ether oxygens (including phenoxy) is 3. The normalized spacial score (nSPS) is 10.8. The Morgan fingerprint density at radius 2 is 1.50 bits per heavy atom. The maximum Gasteiger partial charge on any atom is 0.338 e. The summed E-state index contributed by atoms with van der Waals surface area (Å²) in [5, 5.41) is 0.